The predicted octanol–water partition coefficient (Wildman–Crippen LogP) is 17.3. The van der Waals surface area contributed by atoms with Gasteiger partial charge in [0.1, 0.15) is 0 Å². The van der Waals surface area contributed by atoms with Gasteiger partial charge in [-0.25, -0.2) is 0 Å². The molecule has 10 aromatic rings. The van der Waals surface area contributed by atoms with Crippen LogP contribution >= 0.6 is 0 Å². The summed E-state index contributed by atoms with van der Waals surface area (Å²) in [5.74, 6) is 0. The topological polar surface area (TPSA) is 13.1 Å². The Hall–Kier alpha value is -6.52. The zero-order valence-corrected chi connectivity index (χ0v) is 45.9. The van der Waals surface area contributed by atoms with Gasteiger partial charge in [-0.2, -0.15) is 0 Å². The van der Waals surface area contributed by atoms with Crippen molar-refractivity contribution in [1.82, 2.24) is 9.13 Å². The fourth-order valence-electron chi connectivity index (χ4n) is 15.7. The van der Waals surface area contributed by atoms with E-state index in [1.807, 2.05) is 0 Å². The molecule has 74 heavy (non-hydrogen) atoms. The smallest absolute Gasteiger partial charge is 0.333 e. The Labute approximate surface area is 438 Å². The van der Waals surface area contributed by atoms with Crippen LogP contribution in [0.5, 0.6) is 0 Å². The lowest BCUT2D eigenvalue weighted by Gasteiger charge is -2.48. The molecule has 15 rings (SSSR count). The van der Waals surface area contributed by atoms with Crippen molar-refractivity contribution in [3.63, 3.8) is 0 Å². The molecule has 5 aliphatic rings. The molecule has 0 atom stereocenters. The van der Waals surface area contributed by atoms with E-state index >= 15 is 0 Å². The third-order valence-corrected chi connectivity index (χ3v) is 20.5. The first-order valence-electron chi connectivity index (χ1n) is 28.0. The summed E-state index contributed by atoms with van der Waals surface area (Å²) in [6.07, 6.45) is 7.04. The average molecular weight is 964 g/mol. The molecule has 2 aliphatic heterocycles. The van der Waals surface area contributed by atoms with Crippen molar-refractivity contribution < 1.29 is 0 Å². The third-order valence-electron chi connectivity index (χ3n) is 20.5. The van der Waals surface area contributed by atoms with Gasteiger partial charge in [-0.15, -0.1) is 0 Å². The van der Waals surface area contributed by atoms with Crippen LogP contribution in [0, 0.1) is 0 Å². The number of para-hydroxylation sites is 2. The molecule has 0 bridgehead atoms. The van der Waals surface area contributed by atoms with Crippen molar-refractivity contribution in [2.75, 3.05) is 4.81 Å². The highest BCUT2D eigenvalue weighted by atomic mass is 15.1. The van der Waals surface area contributed by atoms with Crippen molar-refractivity contribution in [3.05, 3.63) is 167 Å². The predicted molar refractivity (Wildman–Crippen MR) is 318 cm³/mol. The lowest BCUT2D eigenvalue weighted by Crippen LogP contribution is -2.61. The lowest BCUT2D eigenvalue weighted by atomic mass is 9.43. The van der Waals surface area contributed by atoms with Gasteiger partial charge in [0.2, 0.25) is 0 Å². The van der Waals surface area contributed by atoms with Gasteiger partial charge in [-0.3, -0.25) is 0 Å². The van der Waals surface area contributed by atoms with Gasteiger partial charge in [-0.1, -0.05) is 168 Å². The van der Waals surface area contributed by atoms with Crippen molar-refractivity contribution >= 4 is 83.5 Å². The second-order valence-electron chi connectivity index (χ2n) is 27.6. The van der Waals surface area contributed by atoms with Crippen LogP contribution in [0.15, 0.2) is 133 Å². The molecule has 0 fully saturated rings. The Morgan fingerprint density at radius 1 is 0.365 bits per heavy atom. The zero-order valence-electron chi connectivity index (χ0n) is 45.9. The number of hydrogen-bond donors (Lipinski definition) is 0. The van der Waals surface area contributed by atoms with Gasteiger partial charge in [0.15, 0.2) is 0 Å². The molecule has 0 radical (unpaired) electrons. The molecule has 2 aromatic heterocycles. The summed E-state index contributed by atoms with van der Waals surface area (Å²) in [6.45, 7) is 29.9. The normalized spacial score (nSPS) is 19.9. The molecule has 3 aliphatic carbocycles. The highest BCUT2D eigenvalue weighted by Crippen LogP contribution is 2.56. The van der Waals surface area contributed by atoms with E-state index in [0.29, 0.717) is 0 Å². The second kappa shape index (κ2) is 14.2. The molecular weight excluding hydrogens is 894 g/mol. The van der Waals surface area contributed by atoms with E-state index in [-0.39, 0.29) is 39.3 Å². The van der Waals surface area contributed by atoms with Gasteiger partial charge < -0.3 is 13.9 Å². The molecule has 0 unspecified atom stereocenters. The molecule has 0 spiro atoms. The molecule has 8 aromatic carbocycles. The van der Waals surface area contributed by atoms with Gasteiger partial charge in [0.25, 0.3) is 0 Å². The van der Waals surface area contributed by atoms with E-state index in [9.17, 15) is 0 Å². The summed E-state index contributed by atoms with van der Waals surface area (Å²) in [6, 6.07) is 53.5. The first kappa shape index (κ1) is 44.9. The molecule has 0 saturated heterocycles. The van der Waals surface area contributed by atoms with E-state index in [2.05, 4.69) is 230 Å². The maximum atomic E-state index is 2.87. The number of fused-ring (bicyclic) bond motifs is 16. The number of anilines is 2. The van der Waals surface area contributed by atoms with Crippen LogP contribution in [0.1, 0.15) is 155 Å². The molecule has 0 amide bonds. The second-order valence-corrected chi connectivity index (χ2v) is 27.6. The first-order valence-corrected chi connectivity index (χ1v) is 28.0. The fraction of sp³-hybridized carbons (Fsp3) is 0.343. The number of hydrogen-bond acceptors (Lipinski definition) is 1. The number of nitrogens with zero attached hydrogens (tertiary/aromatic N) is 3. The number of aromatic nitrogens is 2. The first-order chi connectivity index (χ1) is 35.2. The van der Waals surface area contributed by atoms with Crippen molar-refractivity contribution in [2.45, 2.75) is 154 Å². The monoisotopic (exact) mass is 964 g/mol. The van der Waals surface area contributed by atoms with Crippen LogP contribution in [-0.4, -0.2) is 16.0 Å². The summed E-state index contributed by atoms with van der Waals surface area (Å²) in [5, 5.41) is 7.80. The van der Waals surface area contributed by atoms with Crippen molar-refractivity contribution in [2.24, 2.45) is 0 Å². The minimum Gasteiger partial charge on any atom is -0.376 e. The molecule has 0 N–H and O–H groups in total. The lowest BCUT2D eigenvalue weighted by molar-refractivity contribution is 0.332. The quantitative estimate of drug-likeness (QED) is 0.157. The highest BCUT2D eigenvalue weighted by Gasteiger charge is 2.50. The van der Waals surface area contributed by atoms with Crippen LogP contribution in [-0.2, 0) is 32.5 Å². The minimum absolute atomic E-state index is 0.0213. The maximum absolute atomic E-state index is 2.87. The Kier molecular flexibility index (Phi) is 8.65. The highest BCUT2D eigenvalue weighted by molar-refractivity contribution is 6.93. The molecule has 4 heterocycles. The number of benzene rings is 8. The van der Waals surface area contributed by atoms with Crippen LogP contribution in [0.2, 0.25) is 0 Å². The molecule has 3 nitrogen and oxygen atoms in total. The molecular formula is C70H70BN3. The molecule has 368 valence electrons. The fourth-order valence-corrected chi connectivity index (χ4v) is 15.7. The standard InChI is InChI=1S/C70H70BN3/c1-65(2)29-30-66(3,4)50-35-42(26-28-49(50)65)74-58-39-53-51(67(5,6)31-33-69(53,9)10)36-47(58)48-37-60(72-56-23-17-15-21-44(56)45-22-16-18-24-57(45)72)61-46-27-25-41-19-13-14-20-43(41)63(46)73-59-40-54-52(68(7,8)32-34-70(54,11)12)38-55(59)71(74)62(48)64(61)73/h13-28,35-40H,29-34H2,1-12H3. The summed E-state index contributed by atoms with van der Waals surface area (Å²) in [7, 11) is 0. The summed E-state index contributed by atoms with van der Waals surface area (Å²) in [4.78, 5) is 2.87. The van der Waals surface area contributed by atoms with Gasteiger partial charge in [-0.05, 0) is 175 Å². The van der Waals surface area contributed by atoms with E-state index < -0.39 is 0 Å². The maximum Gasteiger partial charge on any atom is 0.333 e. The summed E-state index contributed by atoms with van der Waals surface area (Å²) < 4.78 is 5.42. The van der Waals surface area contributed by atoms with Gasteiger partial charge in [0.05, 0.1) is 27.8 Å². The summed E-state index contributed by atoms with van der Waals surface area (Å²) in [5.41, 5.74) is 25.3. The zero-order chi connectivity index (χ0) is 51.0. The van der Waals surface area contributed by atoms with Gasteiger partial charge in [0, 0.05) is 49.6 Å². The Bertz CT molecular complexity index is 4110. The minimum atomic E-state index is -0.0908. The van der Waals surface area contributed by atoms with E-state index in [1.54, 1.807) is 0 Å². The van der Waals surface area contributed by atoms with Crippen LogP contribution < -0.4 is 15.7 Å². The Balaban J connectivity index is 1.19. The van der Waals surface area contributed by atoms with Crippen molar-refractivity contribution in [3.8, 4) is 22.5 Å². The molecule has 0 saturated carbocycles. The number of rotatable bonds is 2. The third kappa shape index (κ3) is 5.76. The SMILES string of the molecule is CC1(C)CCC(C)(C)c2cc(N3B4c5cc6c(cc5-n5c7c4c(cc(-n4c8ccccc8c8ccccc84)c7c4ccc7ccccc7c45)-c4cc5c(cc43)C(C)(C)CCC5(C)C)C(C)(C)CCC6(C)C)ccc21. The van der Waals surface area contributed by atoms with Crippen molar-refractivity contribution in [1.29, 1.82) is 0 Å². The average Bonchev–Trinajstić information content (AvgIpc) is 3.93. The van der Waals surface area contributed by atoms with E-state index in [4.69, 9.17) is 0 Å². The van der Waals surface area contributed by atoms with Crippen LogP contribution in [0.3, 0.4) is 0 Å². The van der Waals surface area contributed by atoms with E-state index in [1.165, 1.54) is 158 Å². The van der Waals surface area contributed by atoms with E-state index in [0.717, 1.165) is 12.8 Å². The Morgan fingerprint density at radius 3 is 1.47 bits per heavy atom. The van der Waals surface area contributed by atoms with Crippen LogP contribution in [0.25, 0.3) is 76.9 Å². The largest absolute Gasteiger partial charge is 0.376 e. The summed E-state index contributed by atoms with van der Waals surface area (Å²) >= 11 is 0. The molecule has 4 heteroatoms. The van der Waals surface area contributed by atoms with Crippen LogP contribution in [0.4, 0.5) is 11.4 Å². The van der Waals surface area contributed by atoms with Gasteiger partial charge >= 0.3 is 6.85 Å². The Morgan fingerprint density at radius 2 is 0.865 bits per heavy atom.